The van der Waals surface area contributed by atoms with Crippen LogP contribution in [0.4, 0.5) is 4.39 Å². The Hall–Kier alpha value is -1.68. The number of benzene rings is 1. The fourth-order valence-corrected chi connectivity index (χ4v) is 5.46. The highest BCUT2D eigenvalue weighted by atomic mass is 19.1. The van der Waals surface area contributed by atoms with Crippen molar-refractivity contribution in [3.63, 3.8) is 0 Å². The van der Waals surface area contributed by atoms with E-state index in [4.69, 9.17) is 4.74 Å². The van der Waals surface area contributed by atoms with Crippen LogP contribution in [0.3, 0.4) is 0 Å². The van der Waals surface area contributed by atoms with E-state index in [1.165, 1.54) is 30.5 Å². The van der Waals surface area contributed by atoms with Crippen LogP contribution < -0.4 is 5.32 Å². The van der Waals surface area contributed by atoms with Crippen molar-refractivity contribution in [1.29, 1.82) is 0 Å². The zero-order valence-electron chi connectivity index (χ0n) is 15.5. The molecule has 0 radical (unpaired) electrons. The number of allylic oxidation sites excluding steroid dienone is 1. The summed E-state index contributed by atoms with van der Waals surface area (Å²) in [6, 6.07) is 6.48. The molecule has 0 aromatic heterocycles. The number of nitrogens with one attached hydrogen (secondary N) is 1. The largest absolute Gasteiger partial charge is 0.462 e. The van der Waals surface area contributed by atoms with Crippen LogP contribution in [0.25, 0.3) is 0 Å². The van der Waals surface area contributed by atoms with Gasteiger partial charge < -0.3 is 10.1 Å². The molecule has 3 nitrogen and oxygen atoms in total. The summed E-state index contributed by atoms with van der Waals surface area (Å²) in [4.78, 5) is 12.5. The summed E-state index contributed by atoms with van der Waals surface area (Å²) in [5.74, 6) is 0.441. The minimum Gasteiger partial charge on any atom is -0.462 e. The van der Waals surface area contributed by atoms with Gasteiger partial charge in [-0.2, -0.15) is 0 Å². The van der Waals surface area contributed by atoms with Crippen LogP contribution in [-0.4, -0.2) is 18.6 Å². The molecule has 4 rings (SSSR count). The van der Waals surface area contributed by atoms with Crippen LogP contribution in [0.2, 0.25) is 0 Å². The maximum atomic E-state index is 13.0. The number of carbonyl (C=O) groups excluding carboxylic acids is 1. The second-order valence-electron chi connectivity index (χ2n) is 8.66. The quantitative estimate of drug-likeness (QED) is 0.647. The molecule has 2 saturated carbocycles. The van der Waals surface area contributed by atoms with E-state index in [0.29, 0.717) is 19.0 Å². The smallest absolute Gasteiger partial charge is 0.310 e. The Balaban J connectivity index is 1.40. The minimum atomic E-state index is -0.228. The molecular formula is C22H28FNO2. The van der Waals surface area contributed by atoms with Crippen LogP contribution >= 0.6 is 0 Å². The lowest BCUT2D eigenvalue weighted by Crippen LogP contribution is -2.45. The number of carbonyl (C=O) groups is 1. The van der Waals surface area contributed by atoms with Gasteiger partial charge >= 0.3 is 5.97 Å². The third kappa shape index (κ3) is 3.20. The van der Waals surface area contributed by atoms with Gasteiger partial charge in [0.25, 0.3) is 0 Å². The van der Waals surface area contributed by atoms with Gasteiger partial charge in [0.2, 0.25) is 0 Å². The van der Waals surface area contributed by atoms with Crippen LogP contribution in [0.1, 0.15) is 44.6 Å². The lowest BCUT2D eigenvalue weighted by atomic mass is 9.55. The third-order valence-corrected chi connectivity index (χ3v) is 6.93. The SMILES string of the molecule is C=C1CCC[C@]2(C)C[C@H]3OC(=O)[C@H](CNCc4ccc(F)cc4)[C@H]3C[C@@H]12. The van der Waals surface area contributed by atoms with Crippen molar-refractivity contribution in [2.75, 3.05) is 6.54 Å². The highest BCUT2D eigenvalue weighted by molar-refractivity contribution is 5.75. The van der Waals surface area contributed by atoms with Gasteiger partial charge in [-0.3, -0.25) is 4.79 Å². The van der Waals surface area contributed by atoms with Gasteiger partial charge in [-0.15, -0.1) is 0 Å². The predicted molar refractivity (Wildman–Crippen MR) is 98.8 cm³/mol. The molecule has 26 heavy (non-hydrogen) atoms. The predicted octanol–water partition coefficient (Wildman–Crippen LogP) is 4.23. The third-order valence-electron chi connectivity index (χ3n) is 6.93. The minimum absolute atomic E-state index is 0.0561. The average molecular weight is 357 g/mol. The van der Waals surface area contributed by atoms with Crippen molar-refractivity contribution in [1.82, 2.24) is 5.32 Å². The molecule has 1 saturated heterocycles. The number of hydrogen-bond donors (Lipinski definition) is 1. The molecular weight excluding hydrogens is 329 g/mol. The van der Waals surface area contributed by atoms with Gasteiger partial charge in [0.1, 0.15) is 11.9 Å². The molecule has 1 aromatic rings. The maximum Gasteiger partial charge on any atom is 0.310 e. The van der Waals surface area contributed by atoms with Crippen molar-refractivity contribution in [3.05, 3.63) is 47.8 Å². The van der Waals surface area contributed by atoms with Gasteiger partial charge in [0.05, 0.1) is 5.92 Å². The van der Waals surface area contributed by atoms with Crippen LogP contribution in [0, 0.1) is 29.0 Å². The normalized spacial score (nSPS) is 36.4. The van der Waals surface area contributed by atoms with E-state index >= 15 is 0 Å². The first-order valence-electron chi connectivity index (χ1n) is 9.79. The molecule has 4 heteroatoms. The molecule has 3 fully saturated rings. The van der Waals surface area contributed by atoms with Gasteiger partial charge in [-0.05, 0) is 61.1 Å². The van der Waals surface area contributed by atoms with E-state index in [0.717, 1.165) is 24.8 Å². The summed E-state index contributed by atoms with van der Waals surface area (Å²) in [6.07, 6.45) is 5.60. The molecule has 0 bridgehead atoms. The maximum absolute atomic E-state index is 13.0. The fraction of sp³-hybridized carbons (Fsp3) is 0.591. The monoisotopic (exact) mass is 357 g/mol. The van der Waals surface area contributed by atoms with E-state index in [2.05, 4.69) is 18.8 Å². The molecule has 5 atom stereocenters. The summed E-state index contributed by atoms with van der Waals surface area (Å²) >= 11 is 0. The number of halogens is 1. The zero-order valence-corrected chi connectivity index (χ0v) is 15.5. The van der Waals surface area contributed by atoms with Gasteiger partial charge in [-0.1, -0.05) is 31.2 Å². The Morgan fingerprint density at radius 2 is 2.12 bits per heavy atom. The Bertz CT molecular complexity index is 701. The number of esters is 1. The highest BCUT2D eigenvalue weighted by Crippen LogP contribution is 2.56. The summed E-state index contributed by atoms with van der Waals surface area (Å²) in [6.45, 7) is 7.94. The second kappa shape index (κ2) is 6.80. The van der Waals surface area contributed by atoms with Crippen molar-refractivity contribution in [2.45, 2.75) is 51.7 Å². The van der Waals surface area contributed by atoms with Crippen molar-refractivity contribution in [3.8, 4) is 0 Å². The standard InChI is InChI=1S/C22H28FNO2/c1-14-4-3-9-22(2)11-20-17(10-19(14)22)18(21(25)26-20)13-24-12-15-5-7-16(23)8-6-15/h5-8,17-20,24H,1,3-4,9-13H2,2H3/t17-,18-,19+,20-,22-/m1/s1. The Morgan fingerprint density at radius 3 is 2.88 bits per heavy atom. The number of fused-ring (bicyclic) bond motifs is 2. The number of ether oxygens (including phenoxy) is 1. The fourth-order valence-electron chi connectivity index (χ4n) is 5.46. The lowest BCUT2D eigenvalue weighted by Gasteiger charge is -2.50. The summed E-state index contributed by atoms with van der Waals surface area (Å²) in [5.41, 5.74) is 2.63. The molecule has 0 spiro atoms. The molecule has 3 aliphatic rings. The first-order chi connectivity index (χ1) is 12.5. The highest BCUT2D eigenvalue weighted by Gasteiger charge is 2.54. The zero-order chi connectivity index (χ0) is 18.3. The summed E-state index contributed by atoms with van der Waals surface area (Å²) in [7, 11) is 0. The van der Waals surface area contributed by atoms with Crippen molar-refractivity contribution < 1.29 is 13.9 Å². The molecule has 1 heterocycles. The first-order valence-corrected chi connectivity index (χ1v) is 9.79. The van der Waals surface area contributed by atoms with Crippen LogP contribution in [0.5, 0.6) is 0 Å². The van der Waals surface area contributed by atoms with E-state index < -0.39 is 0 Å². The van der Waals surface area contributed by atoms with E-state index in [9.17, 15) is 9.18 Å². The molecule has 0 amide bonds. The Labute approximate surface area is 155 Å². The molecule has 1 aliphatic heterocycles. The Kier molecular flexibility index (Phi) is 4.64. The topological polar surface area (TPSA) is 38.3 Å². The molecule has 1 aromatic carbocycles. The van der Waals surface area contributed by atoms with E-state index in [1.54, 1.807) is 12.1 Å². The Morgan fingerprint density at radius 1 is 1.35 bits per heavy atom. The molecule has 2 aliphatic carbocycles. The molecule has 0 unspecified atom stereocenters. The summed E-state index contributed by atoms with van der Waals surface area (Å²) in [5, 5.41) is 3.37. The van der Waals surface area contributed by atoms with Gasteiger partial charge in [0.15, 0.2) is 0 Å². The van der Waals surface area contributed by atoms with Crippen LogP contribution in [0.15, 0.2) is 36.4 Å². The second-order valence-corrected chi connectivity index (χ2v) is 8.66. The van der Waals surface area contributed by atoms with Gasteiger partial charge in [-0.25, -0.2) is 4.39 Å². The van der Waals surface area contributed by atoms with Crippen molar-refractivity contribution >= 4 is 5.97 Å². The average Bonchev–Trinajstić information content (AvgIpc) is 2.89. The van der Waals surface area contributed by atoms with Crippen LogP contribution in [-0.2, 0) is 16.1 Å². The van der Waals surface area contributed by atoms with Gasteiger partial charge in [0, 0.05) is 19.0 Å². The van der Waals surface area contributed by atoms with Crippen molar-refractivity contribution in [2.24, 2.45) is 23.2 Å². The van der Waals surface area contributed by atoms with E-state index in [1.807, 2.05) is 0 Å². The van der Waals surface area contributed by atoms with E-state index in [-0.39, 0.29) is 35.1 Å². The number of rotatable bonds is 4. The lowest BCUT2D eigenvalue weighted by molar-refractivity contribution is -0.146. The number of hydrogen-bond acceptors (Lipinski definition) is 3. The molecule has 1 N–H and O–H groups in total. The summed E-state index contributed by atoms with van der Waals surface area (Å²) < 4.78 is 18.8. The molecule has 140 valence electrons. The first kappa shape index (κ1) is 17.7.